The number of imidazole rings is 1. The molecule has 0 amide bonds. The predicted molar refractivity (Wildman–Crippen MR) is 129 cm³/mol. The van der Waals surface area contributed by atoms with Crippen LogP contribution >= 0.6 is 0 Å². The van der Waals surface area contributed by atoms with Gasteiger partial charge in [-0.2, -0.15) is 0 Å². The number of carboxylic acid groups (broad SMARTS) is 1. The van der Waals surface area contributed by atoms with Gasteiger partial charge in [-0.3, -0.25) is 9.13 Å². The summed E-state index contributed by atoms with van der Waals surface area (Å²) in [6, 6.07) is 15.0. The minimum absolute atomic E-state index is 0.0464. The smallest absolute Gasteiger partial charge is 0.336 e. The second-order valence-corrected chi connectivity index (χ2v) is 8.51. The first kappa shape index (κ1) is 23.6. The van der Waals surface area contributed by atoms with Crippen LogP contribution in [0.15, 0.2) is 59.5 Å². The van der Waals surface area contributed by atoms with Crippen LogP contribution in [0.5, 0.6) is 0 Å². The third kappa shape index (κ3) is 5.39. The van der Waals surface area contributed by atoms with Crippen LogP contribution in [-0.4, -0.2) is 20.2 Å². The maximum Gasteiger partial charge on any atom is 0.336 e. The van der Waals surface area contributed by atoms with Crippen LogP contribution in [0.4, 0.5) is 0 Å². The molecule has 170 valence electrons. The van der Waals surface area contributed by atoms with Gasteiger partial charge < -0.3 is 5.11 Å². The van der Waals surface area contributed by atoms with Gasteiger partial charge in [-0.25, -0.2) is 9.59 Å². The van der Waals surface area contributed by atoms with Gasteiger partial charge in [-0.05, 0) is 48.9 Å². The second-order valence-electron chi connectivity index (χ2n) is 8.51. The monoisotopic (exact) mass is 434 g/mol. The van der Waals surface area contributed by atoms with E-state index < -0.39 is 5.97 Å². The van der Waals surface area contributed by atoms with Crippen molar-refractivity contribution in [3.63, 3.8) is 0 Å². The van der Waals surface area contributed by atoms with E-state index in [0.29, 0.717) is 12.1 Å². The average Bonchev–Trinajstić information content (AvgIpc) is 3.12. The Labute approximate surface area is 190 Å². The van der Waals surface area contributed by atoms with Gasteiger partial charge in [0.2, 0.25) is 0 Å². The molecule has 0 spiro atoms. The van der Waals surface area contributed by atoms with Crippen molar-refractivity contribution in [3.05, 3.63) is 82.0 Å². The highest BCUT2D eigenvalue weighted by Crippen LogP contribution is 2.24. The standard InChI is InChI=1S/C27H34N2O3/c1-4-6-7-8-11-23-19-28(20(3)5-2)27(32)29(23)18-21-14-16-22(17-15-21)24-12-9-10-13-25(24)26(30)31/h9-10,12-17,19-20H,4-8,11,18H2,1-3H3,(H,30,31). The fraction of sp³-hybridized carbons (Fsp3) is 0.407. The summed E-state index contributed by atoms with van der Waals surface area (Å²) in [7, 11) is 0. The van der Waals surface area contributed by atoms with E-state index in [1.54, 1.807) is 12.1 Å². The highest BCUT2D eigenvalue weighted by atomic mass is 16.4. The zero-order valence-corrected chi connectivity index (χ0v) is 19.4. The van der Waals surface area contributed by atoms with Crippen LogP contribution in [0.2, 0.25) is 0 Å². The molecule has 1 atom stereocenters. The van der Waals surface area contributed by atoms with E-state index in [4.69, 9.17) is 0 Å². The summed E-state index contributed by atoms with van der Waals surface area (Å²) in [5, 5.41) is 9.47. The molecule has 5 nitrogen and oxygen atoms in total. The number of nitrogens with zero attached hydrogens (tertiary/aromatic N) is 2. The summed E-state index contributed by atoms with van der Waals surface area (Å²) in [6.07, 6.45) is 8.53. The minimum Gasteiger partial charge on any atom is -0.478 e. The minimum atomic E-state index is -0.935. The normalized spacial score (nSPS) is 12.1. The number of hydrogen-bond acceptors (Lipinski definition) is 2. The van der Waals surface area contributed by atoms with E-state index in [0.717, 1.165) is 36.1 Å². The molecule has 1 N–H and O–H groups in total. The van der Waals surface area contributed by atoms with E-state index in [1.807, 2.05) is 51.7 Å². The quantitative estimate of drug-likeness (QED) is 0.368. The number of benzene rings is 2. The van der Waals surface area contributed by atoms with Crippen LogP contribution in [0.25, 0.3) is 11.1 Å². The van der Waals surface area contributed by atoms with Crippen LogP contribution in [0, 0.1) is 0 Å². The fourth-order valence-electron chi connectivity index (χ4n) is 4.06. The van der Waals surface area contributed by atoms with Crippen molar-refractivity contribution in [2.45, 2.75) is 71.9 Å². The molecule has 0 aliphatic carbocycles. The molecule has 2 aromatic carbocycles. The molecule has 32 heavy (non-hydrogen) atoms. The Kier molecular flexibility index (Phi) is 8.09. The van der Waals surface area contributed by atoms with Crippen molar-refractivity contribution in [2.75, 3.05) is 0 Å². The van der Waals surface area contributed by atoms with E-state index >= 15 is 0 Å². The largest absolute Gasteiger partial charge is 0.478 e. The molecule has 0 aliphatic heterocycles. The number of aryl methyl sites for hydroxylation is 1. The molecule has 0 saturated heterocycles. The summed E-state index contributed by atoms with van der Waals surface area (Å²) >= 11 is 0. The number of unbranched alkanes of at least 4 members (excludes halogenated alkanes) is 3. The van der Waals surface area contributed by atoms with Crippen molar-refractivity contribution < 1.29 is 9.90 Å². The zero-order chi connectivity index (χ0) is 23.1. The lowest BCUT2D eigenvalue weighted by Gasteiger charge is -2.10. The second kappa shape index (κ2) is 11.0. The fourth-order valence-corrected chi connectivity index (χ4v) is 4.06. The van der Waals surface area contributed by atoms with Crippen LogP contribution < -0.4 is 5.69 Å². The van der Waals surface area contributed by atoms with Crippen molar-refractivity contribution in [2.24, 2.45) is 0 Å². The topological polar surface area (TPSA) is 64.2 Å². The number of hydrogen-bond donors (Lipinski definition) is 1. The molecule has 1 heterocycles. The lowest BCUT2D eigenvalue weighted by atomic mass is 9.99. The molecule has 1 unspecified atom stereocenters. The lowest BCUT2D eigenvalue weighted by Crippen LogP contribution is -2.27. The summed E-state index contributed by atoms with van der Waals surface area (Å²) in [5.74, 6) is -0.935. The number of aromatic nitrogens is 2. The van der Waals surface area contributed by atoms with Crippen LogP contribution in [0.1, 0.15) is 80.5 Å². The lowest BCUT2D eigenvalue weighted by molar-refractivity contribution is 0.0697. The van der Waals surface area contributed by atoms with Crippen LogP contribution in [0.3, 0.4) is 0 Å². The SMILES string of the molecule is CCCCCCc1cn(C(C)CC)c(=O)n1Cc1ccc(-c2ccccc2C(=O)O)cc1. The van der Waals surface area contributed by atoms with Gasteiger partial charge in [-0.1, -0.05) is 75.6 Å². The van der Waals surface area contributed by atoms with Crippen molar-refractivity contribution in [3.8, 4) is 11.1 Å². The maximum absolute atomic E-state index is 13.2. The number of carboxylic acids is 1. The molecule has 0 aliphatic rings. The Morgan fingerprint density at radius 1 is 1.00 bits per heavy atom. The summed E-state index contributed by atoms with van der Waals surface area (Å²) in [4.78, 5) is 24.7. The molecule has 0 saturated carbocycles. The molecule has 3 aromatic rings. The van der Waals surface area contributed by atoms with Gasteiger partial charge in [0.15, 0.2) is 0 Å². The van der Waals surface area contributed by atoms with E-state index in [2.05, 4.69) is 20.8 Å². The Bertz CT molecular complexity index is 1090. The molecular weight excluding hydrogens is 400 g/mol. The summed E-state index contributed by atoms with van der Waals surface area (Å²) < 4.78 is 3.77. The van der Waals surface area contributed by atoms with Crippen molar-refractivity contribution >= 4 is 5.97 Å². The van der Waals surface area contributed by atoms with E-state index in [-0.39, 0.29) is 17.3 Å². The Morgan fingerprint density at radius 3 is 2.38 bits per heavy atom. The number of rotatable bonds is 11. The van der Waals surface area contributed by atoms with Crippen LogP contribution in [-0.2, 0) is 13.0 Å². The number of carbonyl (C=O) groups is 1. The average molecular weight is 435 g/mol. The summed E-state index contributed by atoms with van der Waals surface area (Å²) in [6.45, 7) is 6.91. The maximum atomic E-state index is 13.2. The van der Waals surface area contributed by atoms with E-state index in [1.165, 1.54) is 19.3 Å². The van der Waals surface area contributed by atoms with Gasteiger partial charge in [-0.15, -0.1) is 0 Å². The van der Waals surface area contributed by atoms with Gasteiger partial charge in [0.25, 0.3) is 0 Å². The van der Waals surface area contributed by atoms with Crippen molar-refractivity contribution in [1.29, 1.82) is 0 Å². The molecule has 5 heteroatoms. The molecule has 0 bridgehead atoms. The third-order valence-electron chi connectivity index (χ3n) is 6.20. The molecule has 3 rings (SSSR count). The Balaban J connectivity index is 1.87. The predicted octanol–water partition coefficient (Wildman–Crippen LogP) is 6.16. The van der Waals surface area contributed by atoms with E-state index in [9.17, 15) is 14.7 Å². The highest BCUT2D eigenvalue weighted by Gasteiger charge is 2.15. The van der Waals surface area contributed by atoms with Gasteiger partial charge in [0.1, 0.15) is 0 Å². The summed E-state index contributed by atoms with van der Waals surface area (Å²) in [5.41, 5.74) is 4.01. The molecule has 0 radical (unpaired) electrons. The first-order valence-electron chi connectivity index (χ1n) is 11.7. The molecular formula is C27H34N2O3. The Hall–Kier alpha value is -3.08. The Morgan fingerprint density at radius 2 is 1.72 bits per heavy atom. The molecule has 1 aromatic heterocycles. The van der Waals surface area contributed by atoms with Crippen molar-refractivity contribution in [1.82, 2.24) is 9.13 Å². The highest BCUT2D eigenvalue weighted by molar-refractivity contribution is 5.95. The first-order valence-corrected chi connectivity index (χ1v) is 11.7. The first-order chi connectivity index (χ1) is 15.5. The van der Waals surface area contributed by atoms with Gasteiger partial charge >= 0.3 is 11.7 Å². The number of aromatic carboxylic acids is 1. The molecule has 0 fully saturated rings. The van der Waals surface area contributed by atoms with Gasteiger partial charge in [0, 0.05) is 17.9 Å². The zero-order valence-electron chi connectivity index (χ0n) is 19.4. The third-order valence-corrected chi connectivity index (χ3v) is 6.20. The van der Waals surface area contributed by atoms with Gasteiger partial charge in [0.05, 0.1) is 12.1 Å².